The number of carbonyl (C=O) groups excluding carboxylic acids is 2. The van der Waals surface area contributed by atoms with Crippen LogP contribution in [-0.2, 0) is 16.0 Å². The van der Waals surface area contributed by atoms with E-state index in [1.165, 1.54) is 41.5 Å². The SMILES string of the molecule is CC(SC1=N/C(=C\c2ccco2)C(=O)N1c1ccc(OC(F)F)cc1)C(=O)N1CCc2ccccc21. The Bertz CT molecular complexity index is 1340. The van der Waals surface area contributed by atoms with Crippen LogP contribution in [0.3, 0.4) is 0 Å². The van der Waals surface area contributed by atoms with Gasteiger partial charge in [-0.3, -0.25) is 14.5 Å². The van der Waals surface area contributed by atoms with Crippen LogP contribution >= 0.6 is 11.8 Å². The maximum Gasteiger partial charge on any atom is 0.387 e. The van der Waals surface area contributed by atoms with Gasteiger partial charge in [-0.1, -0.05) is 30.0 Å². The lowest BCUT2D eigenvalue weighted by atomic mass is 10.2. The van der Waals surface area contributed by atoms with Crippen molar-refractivity contribution in [3.8, 4) is 5.75 Å². The standard InChI is InChI=1S/C26H21F2N3O4S/c1-16(23(32)30-13-12-17-5-2-3-7-22(17)30)36-26-29-21(15-20-6-4-14-34-20)24(33)31(26)18-8-10-19(11-9-18)35-25(27)28/h2-11,14-16,25H,12-13H2,1H3/b21-15-. The summed E-state index contributed by atoms with van der Waals surface area (Å²) in [5.74, 6) is -0.104. The number of rotatable bonds is 6. The third kappa shape index (κ3) is 4.76. The molecule has 0 saturated heterocycles. The smallest absolute Gasteiger partial charge is 0.387 e. The minimum atomic E-state index is -2.96. The van der Waals surface area contributed by atoms with Gasteiger partial charge in [0.25, 0.3) is 5.91 Å². The summed E-state index contributed by atoms with van der Waals surface area (Å²) in [5, 5.41) is -0.247. The summed E-state index contributed by atoms with van der Waals surface area (Å²) < 4.78 is 34.8. The van der Waals surface area contributed by atoms with E-state index in [9.17, 15) is 18.4 Å². The van der Waals surface area contributed by atoms with E-state index in [4.69, 9.17) is 4.42 Å². The van der Waals surface area contributed by atoms with Crippen LogP contribution in [0.1, 0.15) is 18.2 Å². The van der Waals surface area contributed by atoms with Crippen molar-refractivity contribution in [1.29, 1.82) is 0 Å². The number of halogens is 2. The summed E-state index contributed by atoms with van der Waals surface area (Å²) in [6.45, 7) is -0.595. The molecule has 10 heteroatoms. The van der Waals surface area contributed by atoms with Gasteiger partial charge < -0.3 is 14.1 Å². The molecule has 36 heavy (non-hydrogen) atoms. The summed E-state index contributed by atoms with van der Waals surface area (Å²) in [7, 11) is 0. The van der Waals surface area contributed by atoms with Crippen molar-refractivity contribution >= 4 is 46.2 Å². The minimum Gasteiger partial charge on any atom is -0.465 e. The molecule has 0 bridgehead atoms. The summed E-state index contributed by atoms with van der Waals surface area (Å²) in [6.07, 6.45) is 3.79. The largest absolute Gasteiger partial charge is 0.465 e. The Morgan fingerprint density at radius 3 is 2.64 bits per heavy atom. The number of fused-ring (bicyclic) bond motifs is 1. The molecule has 1 unspecified atom stereocenters. The fourth-order valence-corrected chi connectivity index (χ4v) is 5.07. The highest BCUT2D eigenvalue weighted by atomic mass is 32.2. The first-order valence-electron chi connectivity index (χ1n) is 11.2. The van der Waals surface area contributed by atoms with Crippen LogP contribution in [0.5, 0.6) is 5.75 Å². The Hall–Kier alpha value is -3.92. The lowest BCUT2D eigenvalue weighted by molar-refractivity contribution is -0.117. The lowest BCUT2D eigenvalue weighted by Crippen LogP contribution is -2.38. The molecule has 0 fully saturated rings. The summed E-state index contributed by atoms with van der Waals surface area (Å²) in [5.41, 5.74) is 2.55. The number of furan rings is 1. The zero-order valence-corrected chi connectivity index (χ0v) is 20.0. The number of amidine groups is 1. The normalized spacial score (nSPS) is 17.1. The van der Waals surface area contributed by atoms with Gasteiger partial charge in [0.2, 0.25) is 5.91 Å². The molecular formula is C26H21F2N3O4S. The molecule has 184 valence electrons. The predicted octanol–water partition coefficient (Wildman–Crippen LogP) is 5.34. The summed E-state index contributed by atoms with van der Waals surface area (Å²) >= 11 is 1.16. The number of hydrogen-bond acceptors (Lipinski definition) is 6. The molecule has 0 N–H and O–H groups in total. The second kappa shape index (κ2) is 9.98. The van der Waals surface area contributed by atoms with E-state index in [1.54, 1.807) is 24.0 Å². The van der Waals surface area contributed by atoms with E-state index >= 15 is 0 Å². The number of nitrogens with zero attached hydrogens (tertiary/aromatic N) is 3. The number of ether oxygens (including phenoxy) is 1. The third-order valence-electron chi connectivity index (χ3n) is 5.75. The zero-order chi connectivity index (χ0) is 25.2. The zero-order valence-electron chi connectivity index (χ0n) is 19.1. The fourth-order valence-electron chi connectivity index (χ4n) is 4.08. The van der Waals surface area contributed by atoms with Gasteiger partial charge in [-0.05, 0) is 61.4 Å². The number of carbonyl (C=O) groups is 2. The predicted molar refractivity (Wildman–Crippen MR) is 134 cm³/mol. The van der Waals surface area contributed by atoms with E-state index < -0.39 is 17.8 Å². The molecule has 7 nitrogen and oxygen atoms in total. The molecule has 0 aliphatic carbocycles. The lowest BCUT2D eigenvalue weighted by Gasteiger charge is -2.23. The van der Waals surface area contributed by atoms with Gasteiger partial charge in [0.05, 0.1) is 17.2 Å². The van der Waals surface area contributed by atoms with Crippen LogP contribution in [-0.4, -0.2) is 35.4 Å². The average molecular weight is 510 g/mol. The Balaban J connectivity index is 1.42. The molecule has 3 aromatic rings. The molecule has 0 spiro atoms. The van der Waals surface area contributed by atoms with Crippen LogP contribution < -0.4 is 14.5 Å². The third-order valence-corrected chi connectivity index (χ3v) is 6.79. The van der Waals surface area contributed by atoms with Crippen molar-refractivity contribution in [3.05, 3.63) is 83.9 Å². The number of amides is 2. The van der Waals surface area contributed by atoms with E-state index in [1.807, 2.05) is 24.3 Å². The van der Waals surface area contributed by atoms with Crippen molar-refractivity contribution in [2.24, 2.45) is 4.99 Å². The van der Waals surface area contributed by atoms with Crippen molar-refractivity contribution < 1.29 is 27.5 Å². The monoisotopic (exact) mass is 509 g/mol. The minimum absolute atomic E-state index is 0.0332. The number of anilines is 2. The summed E-state index contributed by atoms with van der Waals surface area (Å²) in [6, 6.07) is 16.8. The molecule has 3 heterocycles. The average Bonchev–Trinajstić information content (AvgIpc) is 3.59. The number of benzene rings is 2. The highest BCUT2D eigenvalue weighted by Gasteiger charge is 2.36. The van der Waals surface area contributed by atoms with E-state index in [-0.39, 0.29) is 17.4 Å². The number of hydrogen-bond donors (Lipinski definition) is 0. The number of aliphatic imine (C=N–C) groups is 1. The molecule has 2 aromatic carbocycles. The number of alkyl halides is 2. The molecule has 1 atom stereocenters. The molecule has 2 aliphatic rings. The number of para-hydroxylation sites is 1. The van der Waals surface area contributed by atoms with Crippen LogP contribution in [0.2, 0.25) is 0 Å². The van der Waals surface area contributed by atoms with Crippen LogP contribution in [0.25, 0.3) is 6.08 Å². The Labute approximate surface area is 210 Å². The van der Waals surface area contributed by atoms with Crippen molar-refractivity contribution in [1.82, 2.24) is 0 Å². The Kier molecular flexibility index (Phi) is 6.60. The molecule has 1 aromatic heterocycles. The van der Waals surface area contributed by atoms with Crippen LogP contribution in [0.15, 0.2) is 82.0 Å². The van der Waals surface area contributed by atoms with Crippen LogP contribution in [0, 0.1) is 0 Å². The van der Waals surface area contributed by atoms with Gasteiger partial charge in [-0.15, -0.1) is 0 Å². The molecule has 2 amide bonds. The van der Waals surface area contributed by atoms with Gasteiger partial charge >= 0.3 is 6.61 Å². The van der Waals surface area contributed by atoms with E-state index in [0.717, 1.165) is 29.4 Å². The van der Waals surface area contributed by atoms with Crippen molar-refractivity contribution in [3.63, 3.8) is 0 Å². The molecule has 5 rings (SSSR count). The van der Waals surface area contributed by atoms with Gasteiger partial charge in [-0.25, -0.2) is 4.99 Å². The van der Waals surface area contributed by atoms with Gasteiger partial charge in [-0.2, -0.15) is 8.78 Å². The first-order chi connectivity index (χ1) is 17.4. The summed E-state index contributed by atoms with van der Waals surface area (Å²) in [4.78, 5) is 34.3. The highest BCUT2D eigenvalue weighted by Crippen LogP contribution is 2.34. The molecule has 2 aliphatic heterocycles. The molecule has 0 saturated carbocycles. The van der Waals surface area contributed by atoms with Gasteiger partial charge in [0.1, 0.15) is 17.2 Å². The highest BCUT2D eigenvalue weighted by molar-refractivity contribution is 8.15. The fraction of sp³-hybridized carbons (Fsp3) is 0.192. The quantitative estimate of drug-likeness (QED) is 0.420. The Morgan fingerprint density at radius 1 is 1.14 bits per heavy atom. The first kappa shape index (κ1) is 23.8. The van der Waals surface area contributed by atoms with Crippen molar-refractivity contribution in [2.45, 2.75) is 25.2 Å². The number of thioether (sulfide) groups is 1. The second-order valence-corrected chi connectivity index (χ2v) is 9.39. The van der Waals surface area contributed by atoms with E-state index in [0.29, 0.717) is 23.2 Å². The first-order valence-corrected chi connectivity index (χ1v) is 12.1. The van der Waals surface area contributed by atoms with Crippen LogP contribution in [0.4, 0.5) is 20.2 Å². The molecular weight excluding hydrogens is 488 g/mol. The topological polar surface area (TPSA) is 75.4 Å². The Morgan fingerprint density at radius 2 is 1.92 bits per heavy atom. The van der Waals surface area contributed by atoms with Gasteiger partial charge in [0.15, 0.2) is 5.17 Å². The van der Waals surface area contributed by atoms with E-state index in [2.05, 4.69) is 9.73 Å². The maximum atomic E-state index is 13.3. The van der Waals surface area contributed by atoms with Crippen molar-refractivity contribution in [2.75, 3.05) is 16.3 Å². The molecule has 0 radical (unpaired) electrons. The van der Waals surface area contributed by atoms with Gasteiger partial charge in [0, 0.05) is 18.3 Å². The second-order valence-electron chi connectivity index (χ2n) is 8.08. The maximum absolute atomic E-state index is 13.3.